The summed E-state index contributed by atoms with van der Waals surface area (Å²) in [5.74, 6) is -0.0424. The van der Waals surface area contributed by atoms with Crippen LogP contribution in [-0.2, 0) is 0 Å². The van der Waals surface area contributed by atoms with Gasteiger partial charge in [0.05, 0.1) is 24.4 Å². The number of rotatable bonds is 5. The number of carbonyl (C=O) groups is 2. The Morgan fingerprint density at radius 2 is 1.39 bits per heavy atom. The predicted octanol–water partition coefficient (Wildman–Crippen LogP) is 4.07. The van der Waals surface area contributed by atoms with Gasteiger partial charge in [-0.1, -0.05) is 12.1 Å². The van der Waals surface area contributed by atoms with Crippen LogP contribution in [-0.4, -0.2) is 18.9 Å². The number of nitriles is 1. The molecule has 0 aliphatic carbocycles. The van der Waals surface area contributed by atoms with Crippen molar-refractivity contribution in [2.24, 2.45) is 0 Å². The summed E-state index contributed by atoms with van der Waals surface area (Å²) in [6.45, 7) is 0. The Labute approximate surface area is 162 Å². The van der Waals surface area contributed by atoms with Crippen LogP contribution in [0.25, 0.3) is 0 Å². The van der Waals surface area contributed by atoms with Crippen molar-refractivity contribution < 1.29 is 14.3 Å². The number of methoxy groups -OCH3 is 1. The van der Waals surface area contributed by atoms with Gasteiger partial charge in [-0.3, -0.25) is 9.59 Å². The molecule has 0 spiro atoms. The number of hydrogen-bond acceptors (Lipinski definition) is 4. The van der Waals surface area contributed by atoms with Crippen LogP contribution < -0.4 is 15.4 Å². The molecular formula is C22H17N3O3. The summed E-state index contributed by atoms with van der Waals surface area (Å²) in [5, 5.41) is 14.3. The second-order valence-corrected chi connectivity index (χ2v) is 5.88. The Morgan fingerprint density at radius 3 is 1.96 bits per heavy atom. The highest BCUT2D eigenvalue weighted by Gasteiger charge is 2.11. The normalized spacial score (nSPS) is 9.86. The van der Waals surface area contributed by atoms with Crippen LogP contribution >= 0.6 is 0 Å². The fourth-order valence-corrected chi connectivity index (χ4v) is 2.55. The summed E-state index contributed by atoms with van der Waals surface area (Å²) >= 11 is 0. The van der Waals surface area contributed by atoms with Crippen LogP contribution in [0.5, 0.6) is 5.75 Å². The predicted molar refractivity (Wildman–Crippen MR) is 106 cm³/mol. The zero-order valence-electron chi connectivity index (χ0n) is 15.1. The van der Waals surface area contributed by atoms with Crippen molar-refractivity contribution in [3.8, 4) is 11.8 Å². The maximum Gasteiger partial charge on any atom is 0.255 e. The minimum absolute atomic E-state index is 0.302. The van der Waals surface area contributed by atoms with E-state index in [2.05, 4.69) is 10.6 Å². The maximum absolute atomic E-state index is 12.4. The summed E-state index contributed by atoms with van der Waals surface area (Å²) in [4.78, 5) is 24.8. The first-order valence-corrected chi connectivity index (χ1v) is 8.46. The zero-order valence-corrected chi connectivity index (χ0v) is 15.1. The first-order valence-electron chi connectivity index (χ1n) is 8.46. The molecule has 2 N–H and O–H groups in total. The van der Waals surface area contributed by atoms with Gasteiger partial charge in [0, 0.05) is 16.8 Å². The number of hydrogen-bond donors (Lipinski definition) is 2. The second-order valence-electron chi connectivity index (χ2n) is 5.88. The standard InChI is InChI=1S/C22H17N3O3/c1-28-20-5-3-2-4-19(20)25-22(27)17-10-8-16(9-11-17)21(26)24-18-12-6-15(14-23)7-13-18/h2-13H,1H3,(H,24,26)(H,25,27). The molecule has 28 heavy (non-hydrogen) atoms. The van der Waals surface area contributed by atoms with Crippen molar-refractivity contribution in [3.05, 3.63) is 89.5 Å². The molecule has 6 nitrogen and oxygen atoms in total. The molecule has 0 heterocycles. The summed E-state index contributed by atoms with van der Waals surface area (Å²) in [5.41, 5.74) is 2.50. The number of para-hydroxylation sites is 2. The summed E-state index contributed by atoms with van der Waals surface area (Å²) in [6, 6.07) is 22.0. The van der Waals surface area contributed by atoms with Crippen molar-refractivity contribution in [1.82, 2.24) is 0 Å². The van der Waals surface area contributed by atoms with Gasteiger partial charge in [-0.25, -0.2) is 0 Å². The van der Waals surface area contributed by atoms with Gasteiger partial charge in [0.2, 0.25) is 0 Å². The fourth-order valence-electron chi connectivity index (χ4n) is 2.55. The number of benzene rings is 3. The first-order chi connectivity index (χ1) is 13.6. The van der Waals surface area contributed by atoms with E-state index in [4.69, 9.17) is 10.00 Å². The Hall–Kier alpha value is -4.11. The van der Waals surface area contributed by atoms with Crippen LogP contribution in [0, 0.1) is 11.3 Å². The van der Waals surface area contributed by atoms with E-state index in [0.717, 1.165) is 0 Å². The van der Waals surface area contributed by atoms with Gasteiger partial charge >= 0.3 is 0 Å². The highest BCUT2D eigenvalue weighted by molar-refractivity contribution is 6.07. The zero-order chi connectivity index (χ0) is 19.9. The van der Waals surface area contributed by atoms with Gasteiger partial charge in [0.1, 0.15) is 5.75 Å². The molecule has 0 saturated carbocycles. The van der Waals surface area contributed by atoms with Crippen LogP contribution in [0.4, 0.5) is 11.4 Å². The summed E-state index contributed by atoms with van der Waals surface area (Å²) in [7, 11) is 1.53. The van der Waals surface area contributed by atoms with E-state index in [0.29, 0.717) is 33.8 Å². The molecule has 6 heteroatoms. The fraction of sp³-hybridized carbons (Fsp3) is 0.0455. The number of amides is 2. The van der Waals surface area contributed by atoms with Gasteiger partial charge < -0.3 is 15.4 Å². The molecule has 3 aromatic carbocycles. The first kappa shape index (κ1) is 18.7. The lowest BCUT2D eigenvalue weighted by atomic mass is 10.1. The van der Waals surface area contributed by atoms with Gasteiger partial charge in [0.25, 0.3) is 11.8 Å². The lowest BCUT2D eigenvalue weighted by Gasteiger charge is -2.10. The molecule has 0 aromatic heterocycles. The Kier molecular flexibility index (Phi) is 5.68. The molecule has 138 valence electrons. The molecule has 0 aliphatic rings. The topological polar surface area (TPSA) is 91.2 Å². The molecule has 2 amide bonds. The van der Waals surface area contributed by atoms with E-state index < -0.39 is 0 Å². The van der Waals surface area contributed by atoms with Gasteiger partial charge in [-0.2, -0.15) is 5.26 Å². The third-order valence-electron chi connectivity index (χ3n) is 4.04. The third-order valence-corrected chi connectivity index (χ3v) is 4.04. The number of ether oxygens (including phenoxy) is 1. The van der Waals surface area contributed by atoms with Crippen molar-refractivity contribution in [3.63, 3.8) is 0 Å². The number of nitrogens with one attached hydrogen (secondary N) is 2. The molecule has 0 bridgehead atoms. The quantitative estimate of drug-likeness (QED) is 0.707. The van der Waals surface area contributed by atoms with Crippen molar-refractivity contribution in [2.75, 3.05) is 17.7 Å². The van der Waals surface area contributed by atoms with E-state index >= 15 is 0 Å². The smallest absolute Gasteiger partial charge is 0.255 e. The van der Waals surface area contributed by atoms with E-state index in [1.807, 2.05) is 12.1 Å². The molecule has 0 atom stereocenters. The summed E-state index contributed by atoms with van der Waals surface area (Å²) < 4.78 is 5.22. The maximum atomic E-state index is 12.4. The van der Waals surface area contributed by atoms with E-state index in [1.165, 1.54) is 7.11 Å². The minimum Gasteiger partial charge on any atom is -0.495 e. The SMILES string of the molecule is COc1ccccc1NC(=O)c1ccc(C(=O)Nc2ccc(C#N)cc2)cc1. The molecule has 0 fully saturated rings. The highest BCUT2D eigenvalue weighted by atomic mass is 16.5. The van der Waals surface area contributed by atoms with Crippen LogP contribution in [0.1, 0.15) is 26.3 Å². The highest BCUT2D eigenvalue weighted by Crippen LogP contribution is 2.23. The van der Waals surface area contributed by atoms with E-state index in [-0.39, 0.29) is 11.8 Å². The van der Waals surface area contributed by atoms with Gasteiger partial charge in [-0.15, -0.1) is 0 Å². The number of nitrogens with zero attached hydrogens (tertiary/aromatic N) is 1. The average Bonchev–Trinajstić information content (AvgIpc) is 2.74. The van der Waals surface area contributed by atoms with Gasteiger partial charge in [0.15, 0.2) is 0 Å². The van der Waals surface area contributed by atoms with E-state index in [1.54, 1.807) is 66.7 Å². The van der Waals surface area contributed by atoms with Crippen LogP contribution in [0.2, 0.25) is 0 Å². The molecule has 3 aromatic rings. The average molecular weight is 371 g/mol. The van der Waals surface area contributed by atoms with Crippen molar-refractivity contribution >= 4 is 23.2 Å². The van der Waals surface area contributed by atoms with Gasteiger partial charge in [-0.05, 0) is 60.7 Å². The lowest BCUT2D eigenvalue weighted by molar-refractivity contribution is 0.101. The van der Waals surface area contributed by atoms with Crippen LogP contribution in [0.3, 0.4) is 0 Å². The largest absolute Gasteiger partial charge is 0.495 e. The minimum atomic E-state index is -0.304. The number of anilines is 2. The Bertz CT molecular complexity index is 1040. The molecule has 3 rings (SSSR count). The monoisotopic (exact) mass is 371 g/mol. The molecule has 0 radical (unpaired) electrons. The second kappa shape index (κ2) is 8.52. The molecule has 0 unspecified atom stereocenters. The Balaban J connectivity index is 1.67. The molecular weight excluding hydrogens is 354 g/mol. The molecule has 0 saturated heterocycles. The lowest BCUT2D eigenvalue weighted by Crippen LogP contribution is -2.14. The summed E-state index contributed by atoms with van der Waals surface area (Å²) in [6.07, 6.45) is 0. The Morgan fingerprint density at radius 1 is 0.821 bits per heavy atom. The molecule has 0 aliphatic heterocycles. The van der Waals surface area contributed by atoms with Crippen molar-refractivity contribution in [1.29, 1.82) is 5.26 Å². The van der Waals surface area contributed by atoms with E-state index in [9.17, 15) is 9.59 Å². The van der Waals surface area contributed by atoms with Crippen molar-refractivity contribution in [2.45, 2.75) is 0 Å². The number of carbonyl (C=O) groups excluding carboxylic acids is 2. The van der Waals surface area contributed by atoms with Crippen LogP contribution in [0.15, 0.2) is 72.8 Å². The third kappa shape index (κ3) is 4.34.